The second-order valence-corrected chi connectivity index (χ2v) is 8.87. The first-order valence-electron chi connectivity index (χ1n) is 11.1. The quantitative estimate of drug-likeness (QED) is 0.562. The molecule has 1 atom stereocenters. The third kappa shape index (κ3) is 4.68. The highest BCUT2D eigenvalue weighted by atomic mass is 16.5. The lowest BCUT2D eigenvalue weighted by Crippen LogP contribution is -2.43. The van der Waals surface area contributed by atoms with E-state index in [1.54, 1.807) is 18.2 Å². The number of hydrogen-bond donors (Lipinski definition) is 0. The van der Waals surface area contributed by atoms with Gasteiger partial charge in [-0.25, -0.2) is 0 Å². The number of pyridine rings is 1. The second-order valence-electron chi connectivity index (χ2n) is 8.87. The first-order chi connectivity index (χ1) is 15.5. The molecule has 0 bridgehead atoms. The fraction of sp³-hybridized carbons (Fsp3) is 0.333. The van der Waals surface area contributed by atoms with Gasteiger partial charge in [0.1, 0.15) is 5.75 Å². The summed E-state index contributed by atoms with van der Waals surface area (Å²) in [6, 6.07) is 20.6. The van der Waals surface area contributed by atoms with E-state index in [2.05, 4.69) is 46.3 Å². The van der Waals surface area contributed by atoms with Gasteiger partial charge in [-0.15, -0.1) is 0 Å². The van der Waals surface area contributed by atoms with Crippen molar-refractivity contribution in [1.82, 2.24) is 14.8 Å². The van der Waals surface area contributed by atoms with Crippen molar-refractivity contribution in [2.75, 3.05) is 34.3 Å². The van der Waals surface area contributed by atoms with Crippen molar-refractivity contribution in [3.8, 4) is 16.9 Å². The van der Waals surface area contributed by atoms with Gasteiger partial charge in [0.2, 0.25) is 5.91 Å². The van der Waals surface area contributed by atoms with Crippen molar-refractivity contribution >= 4 is 5.91 Å². The second kappa shape index (κ2) is 9.53. The Morgan fingerprint density at radius 1 is 1.09 bits per heavy atom. The molecule has 0 aliphatic carbocycles. The number of aromatic nitrogens is 1. The maximum atomic E-state index is 13.4. The van der Waals surface area contributed by atoms with Crippen molar-refractivity contribution in [2.24, 2.45) is 5.41 Å². The average Bonchev–Trinajstić information content (AvgIpc) is 3.23. The topological polar surface area (TPSA) is 45.7 Å². The Labute approximate surface area is 190 Å². The first kappa shape index (κ1) is 22.0. The van der Waals surface area contributed by atoms with Gasteiger partial charge in [-0.3, -0.25) is 14.7 Å². The lowest BCUT2D eigenvalue weighted by Gasteiger charge is -2.31. The molecule has 5 heteroatoms. The minimum atomic E-state index is -0.431. The molecule has 1 fully saturated rings. The summed E-state index contributed by atoms with van der Waals surface area (Å²) < 4.78 is 5.54. The number of carbonyl (C=O) groups is 1. The van der Waals surface area contributed by atoms with Gasteiger partial charge in [-0.2, -0.15) is 0 Å². The number of nitrogens with zero attached hydrogens (tertiary/aromatic N) is 3. The molecule has 3 aromatic rings. The number of ether oxygens (including phenoxy) is 1. The van der Waals surface area contributed by atoms with Crippen LogP contribution in [0, 0.1) is 5.41 Å². The summed E-state index contributed by atoms with van der Waals surface area (Å²) in [5.41, 5.74) is 4.12. The monoisotopic (exact) mass is 429 g/mol. The lowest BCUT2D eigenvalue weighted by molar-refractivity contribution is -0.138. The highest BCUT2D eigenvalue weighted by Gasteiger charge is 2.45. The molecule has 1 aromatic heterocycles. The van der Waals surface area contributed by atoms with Gasteiger partial charge in [0.25, 0.3) is 0 Å². The molecular weight excluding hydrogens is 398 g/mol. The summed E-state index contributed by atoms with van der Waals surface area (Å²) in [5, 5.41) is 0. The SMILES string of the molecule is COc1ccccc1CN1CC[C@](Cc2cccc(-c3cccnc3)c2)(C(=O)N(C)C)C1. The number of carbonyl (C=O) groups excluding carboxylic acids is 1. The Morgan fingerprint density at radius 2 is 1.91 bits per heavy atom. The van der Waals surface area contributed by atoms with Crippen LogP contribution < -0.4 is 4.74 Å². The smallest absolute Gasteiger partial charge is 0.229 e. The molecule has 0 N–H and O–H groups in total. The fourth-order valence-electron chi connectivity index (χ4n) is 4.82. The zero-order valence-corrected chi connectivity index (χ0v) is 19.1. The summed E-state index contributed by atoms with van der Waals surface area (Å²) >= 11 is 0. The van der Waals surface area contributed by atoms with Gasteiger partial charge in [0.15, 0.2) is 0 Å². The summed E-state index contributed by atoms with van der Waals surface area (Å²) in [5.74, 6) is 1.10. The van der Waals surface area contributed by atoms with Crippen LogP contribution >= 0.6 is 0 Å². The van der Waals surface area contributed by atoms with Crippen LogP contribution in [-0.2, 0) is 17.8 Å². The van der Waals surface area contributed by atoms with Crippen LogP contribution in [0.5, 0.6) is 5.75 Å². The van der Waals surface area contributed by atoms with E-state index < -0.39 is 5.41 Å². The van der Waals surface area contributed by atoms with E-state index in [-0.39, 0.29) is 5.91 Å². The summed E-state index contributed by atoms with van der Waals surface area (Å²) in [6.45, 7) is 2.40. The van der Waals surface area contributed by atoms with Crippen LogP contribution in [0.1, 0.15) is 17.5 Å². The number of para-hydroxylation sites is 1. The molecule has 2 heterocycles. The molecule has 2 aromatic carbocycles. The number of methoxy groups -OCH3 is 1. The van der Waals surface area contributed by atoms with Gasteiger partial charge >= 0.3 is 0 Å². The maximum absolute atomic E-state index is 13.4. The highest BCUT2D eigenvalue weighted by Crippen LogP contribution is 2.38. The van der Waals surface area contributed by atoms with E-state index >= 15 is 0 Å². The first-order valence-corrected chi connectivity index (χ1v) is 11.1. The Balaban J connectivity index is 1.58. The van der Waals surface area contributed by atoms with Crippen molar-refractivity contribution in [1.29, 1.82) is 0 Å². The van der Waals surface area contributed by atoms with Gasteiger partial charge in [0.05, 0.1) is 12.5 Å². The highest BCUT2D eigenvalue weighted by molar-refractivity contribution is 5.83. The molecule has 0 radical (unpaired) electrons. The van der Waals surface area contributed by atoms with Crippen LogP contribution in [0.25, 0.3) is 11.1 Å². The van der Waals surface area contributed by atoms with Gasteiger partial charge in [0, 0.05) is 45.1 Å². The number of likely N-dealkylation sites (tertiary alicyclic amines) is 1. The molecule has 1 aliphatic heterocycles. The van der Waals surface area contributed by atoms with Crippen LogP contribution in [0.2, 0.25) is 0 Å². The molecule has 1 aliphatic rings. The van der Waals surface area contributed by atoms with Crippen molar-refractivity contribution < 1.29 is 9.53 Å². The maximum Gasteiger partial charge on any atom is 0.229 e. The van der Waals surface area contributed by atoms with Crippen molar-refractivity contribution in [3.05, 3.63) is 84.2 Å². The van der Waals surface area contributed by atoms with E-state index in [1.165, 1.54) is 5.56 Å². The lowest BCUT2D eigenvalue weighted by atomic mass is 9.79. The van der Waals surface area contributed by atoms with E-state index in [1.807, 2.05) is 44.6 Å². The predicted octanol–water partition coefficient (Wildman–Crippen LogP) is 4.28. The molecule has 1 amide bonds. The normalized spacial score (nSPS) is 18.5. The summed E-state index contributed by atoms with van der Waals surface area (Å²) in [4.78, 5) is 21.8. The van der Waals surface area contributed by atoms with Crippen molar-refractivity contribution in [3.63, 3.8) is 0 Å². The van der Waals surface area contributed by atoms with Crippen LogP contribution in [0.4, 0.5) is 0 Å². The molecule has 0 unspecified atom stereocenters. The van der Waals surface area contributed by atoms with Gasteiger partial charge < -0.3 is 9.64 Å². The summed E-state index contributed by atoms with van der Waals surface area (Å²) in [7, 11) is 5.43. The van der Waals surface area contributed by atoms with Gasteiger partial charge in [-0.1, -0.05) is 48.5 Å². The number of hydrogen-bond acceptors (Lipinski definition) is 4. The molecule has 166 valence electrons. The summed E-state index contributed by atoms with van der Waals surface area (Å²) in [6.07, 6.45) is 5.23. The van der Waals surface area contributed by atoms with Crippen LogP contribution in [0.15, 0.2) is 73.1 Å². The Morgan fingerprint density at radius 3 is 2.66 bits per heavy atom. The number of amides is 1. The van der Waals surface area contributed by atoms with Crippen LogP contribution in [0.3, 0.4) is 0 Å². The van der Waals surface area contributed by atoms with E-state index in [9.17, 15) is 4.79 Å². The molecule has 4 rings (SSSR count). The van der Waals surface area contributed by atoms with Crippen molar-refractivity contribution in [2.45, 2.75) is 19.4 Å². The largest absolute Gasteiger partial charge is 0.496 e. The van der Waals surface area contributed by atoms with Gasteiger partial charge in [-0.05, 0) is 48.2 Å². The average molecular weight is 430 g/mol. The standard InChI is InChI=1S/C27H31N3O2/c1-29(2)26(31)27(13-15-30(20-27)19-24-9-4-5-12-25(24)32-3)17-21-8-6-10-22(16-21)23-11-7-14-28-18-23/h4-12,14,16,18H,13,15,17,19-20H2,1-3H3/t27-/m1/s1. The fourth-order valence-corrected chi connectivity index (χ4v) is 4.82. The third-order valence-corrected chi connectivity index (χ3v) is 6.34. The zero-order chi connectivity index (χ0) is 22.6. The van der Waals surface area contributed by atoms with Crippen LogP contribution in [-0.4, -0.2) is 55.0 Å². The molecule has 32 heavy (non-hydrogen) atoms. The Bertz CT molecular complexity index is 1070. The van der Waals surface area contributed by atoms with E-state index in [0.29, 0.717) is 0 Å². The van der Waals surface area contributed by atoms with E-state index in [4.69, 9.17) is 4.74 Å². The minimum absolute atomic E-state index is 0.201. The number of benzene rings is 2. The molecule has 0 spiro atoms. The minimum Gasteiger partial charge on any atom is -0.496 e. The third-order valence-electron chi connectivity index (χ3n) is 6.34. The Kier molecular flexibility index (Phi) is 6.56. The number of rotatable bonds is 7. The Hall–Kier alpha value is -3.18. The zero-order valence-electron chi connectivity index (χ0n) is 19.1. The molecular formula is C27H31N3O2. The molecule has 1 saturated heterocycles. The molecule has 0 saturated carbocycles. The predicted molar refractivity (Wildman–Crippen MR) is 127 cm³/mol. The van der Waals surface area contributed by atoms with E-state index in [0.717, 1.165) is 54.9 Å². The molecule has 5 nitrogen and oxygen atoms in total.